The molecule has 0 saturated carbocycles. The first kappa shape index (κ1) is 19.5. The minimum absolute atomic E-state index is 0.0750. The van der Waals surface area contributed by atoms with Gasteiger partial charge in [-0.1, -0.05) is 24.3 Å². The van der Waals surface area contributed by atoms with Gasteiger partial charge in [-0.05, 0) is 61.4 Å². The second-order valence-corrected chi connectivity index (χ2v) is 6.52. The number of carbonyl (C=O) groups excluding carboxylic acids is 1. The minimum Gasteiger partial charge on any atom is -0.493 e. The van der Waals surface area contributed by atoms with E-state index < -0.39 is 17.9 Å². The topological polar surface area (TPSA) is 48.4 Å². The molecule has 0 saturated heterocycles. The normalized spacial score (nSPS) is 11.7. The van der Waals surface area contributed by atoms with Crippen LogP contribution >= 0.6 is 0 Å². The Morgan fingerprint density at radius 1 is 1.04 bits per heavy atom. The van der Waals surface area contributed by atoms with Crippen LogP contribution in [-0.2, 0) is 9.53 Å². The highest BCUT2D eigenvalue weighted by atomic mass is 19.1. The number of rotatable bonds is 7. The van der Waals surface area contributed by atoms with Crippen molar-refractivity contribution in [1.82, 2.24) is 4.98 Å². The van der Waals surface area contributed by atoms with Crippen LogP contribution in [-0.4, -0.2) is 17.6 Å². The molecule has 0 aliphatic rings. The molecular weight excluding hydrogens is 357 g/mol. The molecule has 0 aliphatic heterocycles. The standard InChI is InChI=1S/C23H22FNO3/c1-16-9-10-20(14-17(16)2)27-13-11-22(26)28-23(21-8-3-4-12-25-21)18-6-5-7-19(24)15-18/h3-10,12,14-15,23H,11,13H2,1-2H3. The fourth-order valence-electron chi connectivity index (χ4n) is 2.75. The van der Waals surface area contributed by atoms with E-state index in [-0.39, 0.29) is 13.0 Å². The van der Waals surface area contributed by atoms with Gasteiger partial charge in [0.1, 0.15) is 11.6 Å². The zero-order valence-corrected chi connectivity index (χ0v) is 15.9. The Bertz CT molecular complexity index is 944. The SMILES string of the molecule is Cc1ccc(OCCC(=O)OC(c2cccc(F)c2)c2ccccn2)cc1C. The van der Waals surface area contributed by atoms with Gasteiger partial charge < -0.3 is 9.47 Å². The lowest BCUT2D eigenvalue weighted by Gasteiger charge is -2.18. The molecule has 4 nitrogen and oxygen atoms in total. The second kappa shape index (κ2) is 9.13. The maximum atomic E-state index is 13.7. The van der Waals surface area contributed by atoms with Crippen LogP contribution in [0, 0.1) is 19.7 Å². The van der Waals surface area contributed by atoms with Crippen molar-refractivity contribution in [3.63, 3.8) is 0 Å². The fourth-order valence-corrected chi connectivity index (χ4v) is 2.75. The van der Waals surface area contributed by atoms with Gasteiger partial charge in [0.2, 0.25) is 0 Å². The molecular formula is C23H22FNO3. The van der Waals surface area contributed by atoms with Crippen LogP contribution in [0.25, 0.3) is 0 Å². The summed E-state index contributed by atoms with van der Waals surface area (Å²) in [7, 11) is 0. The first-order chi connectivity index (χ1) is 13.5. The van der Waals surface area contributed by atoms with E-state index in [1.807, 2.05) is 32.0 Å². The van der Waals surface area contributed by atoms with Crippen LogP contribution in [0.2, 0.25) is 0 Å². The molecule has 5 heteroatoms. The molecule has 0 amide bonds. The molecule has 144 valence electrons. The minimum atomic E-state index is -0.772. The van der Waals surface area contributed by atoms with E-state index >= 15 is 0 Å². The van der Waals surface area contributed by atoms with Crippen LogP contribution in [0.15, 0.2) is 66.9 Å². The summed E-state index contributed by atoms with van der Waals surface area (Å²) in [6.07, 6.45) is 0.912. The maximum absolute atomic E-state index is 13.7. The van der Waals surface area contributed by atoms with Crippen molar-refractivity contribution in [1.29, 1.82) is 0 Å². The summed E-state index contributed by atoms with van der Waals surface area (Å²) >= 11 is 0. The van der Waals surface area contributed by atoms with Gasteiger partial charge >= 0.3 is 5.97 Å². The number of esters is 1. The molecule has 0 bridgehead atoms. The van der Waals surface area contributed by atoms with Crippen molar-refractivity contribution in [3.05, 3.63) is 95.1 Å². The number of aromatic nitrogens is 1. The van der Waals surface area contributed by atoms with Gasteiger partial charge in [0.25, 0.3) is 0 Å². The largest absolute Gasteiger partial charge is 0.493 e. The predicted molar refractivity (Wildman–Crippen MR) is 105 cm³/mol. The van der Waals surface area contributed by atoms with Crippen LogP contribution in [0.4, 0.5) is 4.39 Å². The fraction of sp³-hybridized carbons (Fsp3) is 0.217. The molecule has 1 unspecified atom stereocenters. The van der Waals surface area contributed by atoms with Crippen LogP contribution in [0.5, 0.6) is 5.75 Å². The molecule has 28 heavy (non-hydrogen) atoms. The molecule has 0 N–H and O–H groups in total. The maximum Gasteiger partial charge on any atom is 0.310 e. The van der Waals surface area contributed by atoms with Crippen molar-refractivity contribution in [2.45, 2.75) is 26.4 Å². The number of hydrogen-bond donors (Lipinski definition) is 0. The third-order valence-corrected chi connectivity index (χ3v) is 4.41. The Balaban J connectivity index is 1.65. The zero-order chi connectivity index (χ0) is 19.9. The van der Waals surface area contributed by atoms with Gasteiger partial charge in [-0.15, -0.1) is 0 Å². The number of carbonyl (C=O) groups is 1. The van der Waals surface area contributed by atoms with Crippen LogP contribution < -0.4 is 4.74 Å². The second-order valence-electron chi connectivity index (χ2n) is 6.52. The van der Waals surface area contributed by atoms with E-state index in [1.54, 1.807) is 36.5 Å². The number of hydrogen-bond acceptors (Lipinski definition) is 4. The molecule has 2 aromatic carbocycles. The van der Waals surface area contributed by atoms with Crippen molar-refractivity contribution >= 4 is 5.97 Å². The Kier molecular flexibility index (Phi) is 6.37. The van der Waals surface area contributed by atoms with Gasteiger partial charge in [0.05, 0.1) is 18.7 Å². The molecule has 1 aromatic heterocycles. The smallest absolute Gasteiger partial charge is 0.310 e. The van der Waals surface area contributed by atoms with Crippen LogP contribution in [0.3, 0.4) is 0 Å². The molecule has 3 rings (SSSR count). The molecule has 1 heterocycles. The number of aryl methyl sites for hydroxylation is 2. The highest BCUT2D eigenvalue weighted by Gasteiger charge is 2.20. The van der Waals surface area contributed by atoms with Gasteiger partial charge in [-0.25, -0.2) is 4.39 Å². The zero-order valence-electron chi connectivity index (χ0n) is 15.9. The van der Waals surface area contributed by atoms with E-state index in [9.17, 15) is 9.18 Å². The van der Waals surface area contributed by atoms with Gasteiger partial charge in [0, 0.05) is 11.8 Å². The quantitative estimate of drug-likeness (QED) is 0.546. The number of pyridine rings is 1. The number of benzene rings is 2. The molecule has 0 fully saturated rings. The van der Waals surface area contributed by atoms with Crippen molar-refractivity contribution < 1.29 is 18.7 Å². The summed E-state index contributed by atoms with van der Waals surface area (Å²) < 4.78 is 24.9. The van der Waals surface area contributed by atoms with Crippen LogP contribution in [0.1, 0.15) is 34.9 Å². The lowest BCUT2D eigenvalue weighted by molar-refractivity contribution is -0.148. The van der Waals surface area contributed by atoms with E-state index in [4.69, 9.17) is 9.47 Å². The third-order valence-electron chi connectivity index (χ3n) is 4.41. The average molecular weight is 379 g/mol. The van der Waals surface area contributed by atoms with Crippen molar-refractivity contribution in [3.8, 4) is 5.75 Å². The molecule has 1 atom stereocenters. The number of halogens is 1. The summed E-state index contributed by atoms with van der Waals surface area (Å²) in [5.74, 6) is -0.126. The molecule has 3 aromatic rings. The predicted octanol–water partition coefficient (Wildman–Crippen LogP) is 4.94. The number of nitrogens with zero attached hydrogens (tertiary/aromatic N) is 1. The Morgan fingerprint density at radius 2 is 1.89 bits per heavy atom. The highest BCUT2D eigenvalue weighted by molar-refractivity contribution is 5.70. The lowest BCUT2D eigenvalue weighted by Crippen LogP contribution is -2.16. The summed E-state index contributed by atoms with van der Waals surface area (Å²) in [6.45, 7) is 4.23. The number of ether oxygens (including phenoxy) is 2. The van der Waals surface area contributed by atoms with Gasteiger partial charge in [0.15, 0.2) is 6.10 Å². The monoisotopic (exact) mass is 379 g/mol. The summed E-state index contributed by atoms with van der Waals surface area (Å²) in [5, 5.41) is 0. The first-order valence-corrected chi connectivity index (χ1v) is 9.09. The Hall–Kier alpha value is -3.21. The summed E-state index contributed by atoms with van der Waals surface area (Å²) in [6, 6.07) is 17.1. The van der Waals surface area contributed by atoms with Crippen molar-refractivity contribution in [2.75, 3.05) is 6.61 Å². The van der Waals surface area contributed by atoms with E-state index in [0.29, 0.717) is 17.0 Å². The third kappa shape index (κ3) is 5.16. The average Bonchev–Trinajstić information content (AvgIpc) is 2.69. The molecule has 0 aliphatic carbocycles. The van der Waals surface area contributed by atoms with E-state index in [0.717, 1.165) is 5.56 Å². The Morgan fingerprint density at radius 3 is 2.61 bits per heavy atom. The summed E-state index contributed by atoms with van der Waals surface area (Å²) in [4.78, 5) is 16.6. The van der Waals surface area contributed by atoms with Gasteiger partial charge in [-0.3, -0.25) is 9.78 Å². The highest BCUT2D eigenvalue weighted by Crippen LogP contribution is 2.25. The lowest BCUT2D eigenvalue weighted by atomic mass is 10.1. The van der Waals surface area contributed by atoms with Gasteiger partial charge in [-0.2, -0.15) is 0 Å². The first-order valence-electron chi connectivity index (χ1n) is 9.09. The molecule has 0 radical (unpaired) electrons. The van der Waals surface area contributed by atoms with E-state index in [2.05, 4.69) is 4.98 Å². The Labute approximate surface area is 164 Å². The van der Waals surface area contributed by atoms with Crippen molar-refractivity contribution in [2.24, 2.45) is 0 Å². The molecule has 0 spiro atoms. The summed E-state index contributed by atoms with van der Waals surface area (Å²) in [5.41, 5.74) is 3.38. The van der Waals surface area contributed by atoms with E-state index in [1.165, 1.54) is 17.7 Å².